The second-order valence-corrected chi connectivity index (χ2v) is 6.23. The molecule has 5 nitrogen and oxygen atoms in total. The maximum atomic E-state index is 12.5. The van der Waals surface area contributed by atoms with Gasteiger partial charge in [0.15, 0.2) is 0 Å². The van der Waals surface area contributed by atoms with Crippen molar-refractivity contribution in [1.29, 1.82) is 0 Å². The molecule has 2 atom stereocenters. The number of carbonyl (C=O) groups is 1. The van der Waals surface area contributed by atoms with Gasteiger partial charge in [-0.3, -0.25) is 9.78 Å². The van der Waals surface area contributed by atoms with Gasteiger partial charge >= 0.3 is 0 Å². The molecular weight excluding hydrogens is 302 g/mol. The fourth-order valence-electron chi connectivity index (χ4n) is 2.81. The van der Waals surface area contributed by atoms with Gasteiger partial charge < -0.3 is 15.4 Å². The smallest absolute Gasteiger partial charge is 0.251 e. The Morgan fingerprint density at radius 2 is 2.29 bits per heavy atom. The Hall–Kier alpha value is -2.40. The van der Waals surface area contributed by atoms with Gasteiger partial charge in [-0.05, 0) is 43.1 Å². The van der Waals surface area contributed by atoms with Gasteiger partial charge in [-0.25, -0.2) is 0 Å². The lowest BCUT2D eigenvalue weighted by Gasteiger charge is -2.30. The number of aromatic nitrogens is 1. The first-order chi connectivity index (χ1) is 11.7. The van der Waals surface area contributed by atoms with Crippen LogP contribution in [0, 0.1) is 5.92 Å². The lowest BCUT2D eigenvalue weighted by molar-refractivity contribution is 0.0914. The number of nitrogens with one attached hydrogen (secondary N) is 2. The Labute approximate surface area is 142 Å². The molecule has 0 bridgehead atoms. The third kappa shape index (κ3) is 4.32. The van der Waals surface area contributed by atoms with Gasteiger partial charge in [0, 0.05) is 36.1 Å². The zero-order chi connectivity index (χ0) is 16.8. The first kappa shape index (κ1) is 16.5. The number of hydrogen-bond acceptors (Lipinski definition) is 4. The minimum Gasteiger partial charge on any atom is -0.489 e. The minimum absolute atomic E-state index is 0.0534. The molecule has 3 rings (SSSR count). The fraction of sp³-hybridized carbons (Fsp3) is 0.368. The van der Waals surface area contributed by atoms with Crippen LogP contribution in [0.2, 0.25) is 0 Å². The maximum absolute atomic E-state index is 12.5. The summed E-state index contributed by atoms with van der Waals surface area (Å²) in [6, 6.07) is 11.3. The van der Waals surface area contributed by atoms with Crippen LogP contribution >= 0.6 is 0 Å². The van der Waals surface area contributed by atoms with E-state index in [4.69, 9.17) is 4.74 Å². The van der Waals surface area contributed by atoms with Crippen LogP contribution in [0.1, 0.15) is 29.3 Å². The van der Waals surface area contributed by atoms with Gasteiger partial charge in [-0.15, -0.1) is 0 Å². The number of amides is 1. The number of hydrogen-bond donors (Lipinski definition) is 2. The molecule has 1 saturated heterocycles. The summed E-state index contributed by atoms with van der Waals surface area (Å²) >= 11 is 0. The molecule has 0 aliphatic carbocycles. The minimum atomic E-state index is -0.0534. The number of nitrogens with zero attached hydrogens (tertiary/aromatic N) is 1. The molecule has 1 aliphatic heterocycles. The van der Waals surface area contributed by atoms with Crippen LogP contribution in [0.15, 0.2) is 48.8 Å². The molecule has 2 unspecified atom stereocenters. The number of pyridine rings is 1. The molecule has 1 aromatic heterocycles. The Kier molecular flexibility index (Phi) is 5.43. The normalized spacial score (nSPS) is 20.4. The zero-order valence-electron chi connectivity index (χ0n) is 13.9. The third-order valence-electron chi connectivity index (χ3n) is 4.37. The van der Waals surface area contributed by atoms with E-state index >= 15 is 0 Å². The zero-order valence-corrected chi connectivity index (χ0v) is 13.9. The van der Waals surface area contributed by atoms with E-state index in [-0.39, 0.29) is 11.9 Å². The highest BCUT2D eigenvalue weighted by molar-refractivity contribution is 5.94. The number of benzene rings is 1. The topological polar surface area (TPSA) is 63.2 Å². The van der Waals surface area contributed by atoms with Crippen LogP contribution in [0.3, 0.4) is 0 Å². The van der Waals surface area contributed by atoms with Gasteiger partial charge in [0.05, 0.1) is 0 Å². The summed E-state index contributed by atoms with van der Waals surface area (Å²) in [6.45, 7) is 4.46. The molecule has 2 aromatic rings. The van der Waals surface area contributed by atoms with E-state index in [1.54, 1.807) is 18.5 Å². The first-order valence-corrected chi connectivity index (χ1v) is 8.36. The molecule has 0 spiro atoms. The quantitative estimate of drug-likeness (QED) is 0.886. The van der Waals surface area contributed by atoms with Gasteiger partial charge in [-0.1, -0.05) is 19.1 Å². The molecule has 1 fully saturated rings. The highest BCUT2D eigenvalue weighted by Gasteiger charge is 2.23. The Morgan fingerprint density at radius 3 is 3.08 bits per heavy atom. The summed E-state index contributed by atoms with van der Waals surface area (Å²) in [5.41, 5.74) is 1.62. The lowest BCUT2D eigenvalue weighted by Crippen LogP contribution is -2.50. The van der Waals surface area contributed by atoms with Crippen molar-refractivity contribution in [2.45, 2.75) is 26.0 Å². The SMILES string of the molecule is CC1CCNCC1NC(=O)c1cccc(OCc2cccnc2)c1. The van der Waals surface area contributed by atoms with Crippen molar-refractivity contribution in [1.82, 2.24) is 15.6 Å². The predicted molar refractivity (Wildman–Crippen MR) is 92.9 cm³/mol. The molecule has 5 heteroatoms. The molecule has 0 saturated carbocycles. The van der Waals surface area contributed by atoms with E-state index < -0.39 is 0 Å². The van der Waals surface area contributed by atoms with Crippen LogP contribution in [-0.2, 0) is 6.61 Å². The summed E-state index contributed by atoms with van der Waals surface area (Å²) in [5.74, 6) is 1.11. The number of piperidine rings is 1. The average Bonchev–Trinajstić information content (AvgIpc) is 2.63. The molecule has 1 aromatic carbocycles. The van der Waals surface area contributed by atoms with E-state index in [9.17, 15) is 4.79 Å². The second kappa shape index (κ2) is 7.93. The first-order valence-electron chi connectivity index (χ1n) is 8.36. The average molecular weight is 325 g/mol. The molecule has 0 radical (unpaired) electrons. The Bertz CT molecular complexity index is 675. The summed E-state index contributed by atoms with van der Waals surface area (Å²) in [4.78, 5) is 16.5. The third-order valence-corrected chi connectivity index (χ3v) is 4.37. The second-order valence-electron chi connectivity index (χ2n) is 6.23. The Morgan fingerprint density at radius 1 is 1.38 bits per heavy atom. The molecular formula is C19H23N3O2. The van der Waals surface area contributed by atoms with E-state index in [0.717, 1.165) is 25.1 Å². The highest BCUT2D eigenvalue weighted by atomic mass is 16.5. The lowest BCUT2D eigenvalue weighted by atomic mass is 9.94. The van der Waals surface area contributed by atoms with Gasteiger partial charge in [0.25, 0.3) is 5.91 Å². The van der Waals surface area contributed by atoms with E-state index in [1.807, 2.05) is 30.3 Å². The van der Waals surface area contributed by atoms with E-state index in [2.05, 4.69) is 22.5 Å². The van der Waals surface area contributed by atoms with E-state index in [0.29, 0.717) is 23.8 Å². The molecule has 2 N–H and O–H groups in total. The molecule has 1 amide bonds. The summed E-state index contributed by atoms with van der Waals surface area (Å²) < 4.78 is 5.76. The Balaban J connectivity index is 1.60. The molecule has 1 aliphatic rings. The highest BCUT2D eigenvalue weighted by Crippen LogP contribution is 2.17. The van der Waals surface area contributed by atoms with Crippen molar-refractivity contribution >= 4 is 5.91 Å². The number of rotatable bonds is 5. The van der Waals surface area contributed by atoms with Crippen molar-refractivity contribution in [2.24, 2.45) is 5.92 Å². The van der Waals surface area contributed by atoms with Crippen molar-refractivity contribution in [3.8, 4) is 5.75 Å². The van der Waals surface area contributed by atoms with Gasteiger partial charge in [0.1, 0.15) is 12.4 Å². The van der Waals surface area contributed by atoms with Crippen molar-refractivity contribution < 1.29 is 9.53 Å². The fourth-order valence-corrected chi connectivity index (χ4v) is 2.81. The van der Waals surface area contributed by atoms with Crippen molar-refractivity contribution in [3.05, 3.63) is 59.9 Å². The number of ether oxygens (including phenoxy) is 1. The molecule has 126 valence electrons. The van der Waals surface area contributed by atoms with Crippen molar-refractivity contribution in [2.75, 3.05) is 13.1 Å². The summed E-state index contributed by atoms with van der Waals surface area (Å²) in [7, 11) is 0. The van der Waals surface area contributed by atoms with Gasteiger partial charge in [0.2, 0.25) is 0 Å². The number of carbonyl (C=O) groups excluding carboxylic acids is 1. The van der Waals surface area contributed by atoms with Crippen LogP contribution < -0.4 is 15.4 Å². The van der Waals surface area contributed by atoms with Crippen LogP contribution in [0.5, 0.6) is 5.75 Å². The van der Waals surface area contributed by atoms with E-state index in [1.165, 1.54) is 0 Å². The molecule has 2 heterocycles. The standard InChI is InChI=1S/C19H23N3O2/c1-14-7-9-21-12-18(14)22-19(23)16-5-2-6-17(10-16)24-13-15-4-3-8-20-11-15/h2-6,8,10-11,14,18,21H,7,9,12-13H2,1H3,(H,22,23). The van der Waals surface area contributed by atoms with Crippen LogP contribution in [0.25, 0.3) is 0 Å². The monoisotopic (exact) mass is 325 g/mol. The maximum Gasteiger partial charge on any atom is 0.251 e. The van der Waals surface area contributed by atoms with Gasteiger partial charge in [-0.2, -0.15) is 0 Å². The predicted octanol–water partition coefficient (Wildman–Crippen LogP) is 2.39. The summed E-state index contributed by atoms with van der Waals surface area (Å²) in [6.07, 6.45) is 4.59. The molecule has 24 heavy (non-hydrogen) atoms. The van der Waals surface area contributed by atoms with Crippen molar-refractivity contribution in [3.63, 3.8) is 0 Å². The van der Waals surface area contributed by atoms with Crippen LogP contribution in [-0.4, -0.2) is 30.0 Å². The largest absolute Gasteiger partial charge is 0.489 e. The van der Waals surface area contributed by atoms with Crippen LogP contribution in [0.4, 0.5) is 0 Å². The summed E-state index contributed by atoms with van der Waals surface area (Å²) in [5, 5.41) is 6.45.